The minimum absolute atomic E-state index is 0.0911. The minimum atomic E-state index is -0.430. The number of rotatable bonds is 8. The van der Waals surface area contributed by atoms with E-state index in [1.807, 2.05) is 43.3 Å². The highest BCUT2D eigenvalue weighted by Crippen LogP contribution is 2.44. The van der Waals surface area contributed by atoms with Crippen LogP contribution in [0.5, 0.6) is 11.5 Å². The predicted molar refractivity (Wildman–Crippen MR) is 136 cm³/mol. The lowest BCUT2D eigenvalue weighted by Crippen LogP contribution is -2.55. The SMILES string of the molecule is C=C[C@H]1CN2CC[C@H]1C[C@H]2[C@@H](OC(=O)c1ccc(OCC)cc1)c1ccnc2ccc(OC)cc12. The maximum absolute atomic E-state index is 13.4. The van der Waals surface area contributed by atoms with Crippen molar-refractivity contribution in [2.45, 2.75) is 31.9 Å². The van der Waals surface area contributed by atoms with Crippen molar-refractivity contribution in [3.05, 3.63) is 78.5 Å². The summed E-state index contributed by atoms with van der Waals surface area (Å²) in [6.07, 6.45) is 5.56. The standard InChI is InChI=1S/C29H32N2O4/c1-4-19-18-31-15-13-21(19)16-27(31)28(35-29(32)20-6-8-22(9-7-20)34-5-2)24-12-14-30-26-11-10-23(33-3)17-25(24)26/h4,6-12,14,17,19,21,27-28H,1,5,13,15-16,18H2,2-3H3/t19-,21-,27-,28-/m0/s1. The number of pyridine rings is 1. The average molecular weight is 473 g/mol. The van der Waals surface area contributed by atoms with Crippen molar-refractivity contribution in [2.75, 3.05) is 26.8 Å². The van der Waals surface area contributed by atoms with Gasteiger partial charge in [-0.3, -0.25) is 9.88 Å². The van der Waals surface area contributed by atoms with Gasteiger partial charge in [0.1, 0.15) is 17.6 Å². The van der Waals surface area contributed by atoms with Crippen molar-refractivity contribution in [1.82, 2.24) is 9.88 Å². The molecule has 0 spiro atoms. The van der Waals surface area contributed by atoms with Crippen LogP contribution >= 0.6 is 0 Å². The first-order valence-corrected chi connectivity index (χ1v) is 12.3. The van der Waals surface area contributed by atoms with E-state index < -0.39 is 6.10 Å². The number of nitrogens with zero attached hydrogens (tertiary/aromatic N) is 2. The second-order valence-electron chi connectivity index (χ2n) is 9.31. The molecule has 3 aliphatic heterocycles. The van der Waals surface area contributed by atoms with Crippen LogP contribution in [0.15, 0.2) is 67.4 Å². The molecule has 3 aromatic rings. The number of hydrogen-bond donors (Lipinski definition) is 0. The van der Waals surface area contributed by atoms with E-state index in [4.69, 9.17) is 14.2 Å². The first-order valence-electron chi connectivity index (χ1n) is 12.3. The van der Waals surface area contributed by atoms with Gasteiger partial charge in [0.25, 0.3) is 0 Å². The number of carbonyl (C=O) groups is 1. The van der Waals surface area contributed by atoms with E-state index in [1.54, 1.807) is 25.4 Å². The quantitative estimate of drug-likeness (QED) is 0.322. The van der Waals surface area contributed by atoms with Crippen molar-refractivity contribution < 1.29 is 19.0 Å². The molecule has 2 bridgehead atoms. The number of methoxy groups -OCH3 is 1. The van der Waals surface area contributed by atoms with Gasteiger partial charge in [-0.25, -0.2) is 4.79 Å². The molecule has 3 aliphatic rings. The summed E-state index contributed by atoms with van der Waals surface area (Å²) >= 11 is 0. The van der Waals surface area contributed by atoms with E-state index in [2.05, 4.69) is 22.5 Å². The normalized spacial score (nSPS) is 24.1. The molecule has 0 N–H and O–H groups in total. The molecule has 0 aliphatic carbocycles. The number of aromatic nitrogens is 1. The van der Waals surface area contributed by atoms with E-state index in [0.29, 0.717) is 24.0 Å². The van der Waals surface area contributed by atoms with Crippen molar-refractivity contribution in [2.24, 2.45) is 11.8 Å². The van der Waals surface area contributed by atoms with E-state index in [-0.39, 0.29) is 12.0 Å². The van der Waals surface area contributed by atoms with Crippen LogP contribution in [-0.2, 0) is 4.74 Å². The third kappa shape index (κ3) is 4.63. The maximum atomic E-state index is 13.4. The largest absolute Gasteiger partial charge is 0.497 e. The highest BCUT2D eigenvalue weighted by atomic mass is 16.5. The topological polar surface area (TPSA) is 60.9 Å². The van der Waals surface area contributed by atoms with Gasteiger partial charge in [-0.2, -0.15) is 0 Å². The molecular formula is C29H32N2O4. The molecule has 5 atom stereocenters. The molecular weight excluding hydrogens is 440 g/mol. The van der Waals surface area contributed by atoms with Gasteiger partial charge in [-0.15, -0.1) is 6.58 Å². The summed E-state index contributed by atoms with van der Waals surface area (Å²) in [6.45, 7) is 8.52. The van der Waals surface area contributed by atoms with Crippen molar-refractivity contribution in [3.8, 4) is 11.5 Å². The highest BCUT2D eigenvalue weighted by Gasteiger charge is 2.44. The fourth-order valence-electron chi connectivity index (χ4n) is 5.60. The van der Waals surface area contributed by atoms with Crippen LogP contribution < -0.4 is 9.47 Å². The predicted octanol–water partition coefficient (Wildman–Crippen LogP) is 5.44. The second kappa shape index (κ2) is 10.1. The zero-order chi connectivity index (χ0) is 24.4. The van der Waals surface area contributed by atoms with Gasteiger partial charge in [-0.05, 0) is 86.7 Å². The lowest BCUT2D eigenvalue weighted by atomic mass is 9.73. The second-order valence-corrected chi connectivity index (χ2v) is 9.31. The summed E-state index contributed by atoms with van der Waals surface area (Å²) in [6, 6.07) is 15.0. The Morgan fingerprint density at radius 1 is 1.20 bits per heavy atom. The summed E-state index contributed by atoms with van der Waals surface area (Å²) in [7, 11) is 1.65. The van der Waals surface area contributed by atoms with Crippen molar-refractivity contribution in [3.63, 3.8) is 0 Å². The Bertz CT molecular complexity index is 1210. The zero-order valence-electron chi connectivity index (χ0n) is 20.4. The zero-order valence-corrected chi connectivity index (χ0v) is 20.4. The molecule has 6 rings (SSSR count). The van der Waals surface area contributed by atoms with Gasteiger partial charge >= 0.3 is 5.97 Å². The Labute approximate surface area is 206 Å². The van der Waals surface area contributed by atoms with Crippen LogP contribution in [0, 0.1) is 11.8 Å². The molecule has 0 radical (unpaired) electrons. The van der Waals surface area contributed by atoms with Gasteiger partial charge in [0.15, 0.2) is 0 Å². The van der Waals surface area contributed by atoms with Crippen molar-refractivity contribution >= 4 is 16.9 Å². The summed E-state index contributed by atoms with van der Waals surface area (Å²) in [5, 5.41) is 0.944. The molecule has 0 amide bonds. The Morgan fingerprint density at radius 3 is 2.69 bits per heavy atom. The smallest absolute Gasteiger partial charge is 0.338 e. The number of carbonyl (C=O) groups excluding carboxylic acids is 1. The van der Waals surface area contributed by atoms with Crippen LogP contribution in [0.2, 0.25) is 0 Å². The van der Waals surface area contributed by atoms with E-state index in [1.165, 1.54) is 0 Å². The third-order valence-corrected chi connectivity index (χ3v) is 7.43. The first kappa shape index (κ1) is 23.4. The molecule has 6 nitrogen and oxygen atoms in total. The number of hydrogen-bond acceptors (Lipinski definition) is 6. The number of esters is 1. The van der Waals surface area contributed by atoms with Crippen LogP contribution in [0.1, 0.15) is 41.8 Å². The number of ether oxygens (including phenoxy) is 3. The van der Waals surface area contributed by atoms with Crippen LogP contribution in [0.25, 0.3) is 10.9 Å². The molecule has 1 unspecified atom stereocenters. The van der Waals surface area contributed by atoms with E-state index in [0.717, 1.165) is 53.9 Å². The minimum Gasteiger partial charge on any atom is -0.497 e. The molecule has 182 valence electrons. The van der Waals surface area contributed by atoms with Gasteiger partial charge in [0, 0.05) is 23.7 Å². The fourth-order valence-corrected chi connectivity index (χ4v) is 5.60. The Morgan fingerprint density at radius 2 is 2.00 bits per heavy atom. The maximum Gasteiger partial charge on any atom is 0.338 e. The summed E-state index contributed by atoms with van der Waals surface area (Å²) in [4.78, 5) is 20.4. The molecule has 4 heterocycles. The highest BCUT2D eigenvalue weighted by molar-refractivity contribution is 5.90. The third-order valence-electron chi connectivity index (χ3n) is 7.43. The lowest BCUT2D eigenvalue weighted by molar-refractivity contribution is -0.0568. The summed E-state index contributed by atoms with van der Waals surface area (Å²) in [5.74, 6) is 2.18. The summed E-state index contributed by atoms with van der Waals surface area (Å²) in [5.41, 5.74) is 2.32. The Hall–Kier alpha value is -3.38. The van der Waals surface area contributed by atoms with Crippen LogP contribution in [0.4, 0.5) is 0 Å². The average Bonchev–Trinajstić information content (AvgIpc) is 2.91. The molecule has 0 saturated carbocycles. The fraction of sp³-hybridized carbons (Fsp3) is 0.379. The molecule has 1 aromatic heterocycles. The molecule has 35 heavy (non-hydrogen) atoms. The molecule has 3 fully saturated rings. The molecule has 3 saturated heterocycles. The van der Waals surface area contributed by atoms with Crippen molar-refractivity contribution in [1.29, 1.82) is 0 Å². The molecule has 2 aromatic carbocycles. The monoisotopic (exact) mass is 472 g/mol. The van der Waals surface area contributed by atoms with E-state index >= 15 is 0 Å². The van der Waals surface area contributed by atoms with Crippen LogP contribution in [-0.4, -0.2) is 48.7 Å². The van der Waals surface area contributed by atoms with Gasteiger partial charge in [0.05, 0.1) is 30.8 Å². The van der Waals surface area contributed by atoms with Crippen LogP contribution in [0.3, 0.4) is 0 Å². The summed E-state index contributed by atoms with van der Waals surface area (Å²) < 4.78 is 17.4. The lowest BCUT2D eigenvalue weighted by Gasteiger charge is -2.51. The van der Waals surface area contributed by atoms with Gasteiger partial charge < -0.3 is 14.2 Å². The molecule has 6 heteroatoms. The first-order chi connectivity index (χ1) is 17.1. The van der Waals surface area contributed by atoms with Gasteiger partial charge in [0.2, 0.25) is 0 Å². The van der Waals surface area contributed by atoms with E-state index in [9.17, 15) is 4.79 Å². The number of piperidine rings is 3. The Kier molecular flexibility index (Phi) is 6.73. The number of fused-ring (bicyclic) bond motifs is 4. The van der Waals surface area contributed by atoms with Gasteiger partial charge in [-0.1, -0.05) is 6.08 Å². The number of benzene rings is 2. The Balaban J connectivity index is 1.52.